The molecule has 0 unspecified atom stereocenters. The van der Waals surface area contributed by atoms with E-state index in [0.717, 1.165) is 35.4 Å². The molecule has 1 amide bonds. The van der Waals surface area contributed by atoms with Gasteiger partial charge in [0.15, 0.2) is 11.5 Å². The number of fused-ring (bicyclic) bond motifs is 3. The van der Waals surface area contributed by atoms with Crippen LogP contribution in [0.3, 0.4) is 0 Å². The van der Waals surface area contributed by atoms with Crippen molar-refractivity contribution in [2.75, 3.05) is 26.2 Å². The van der Waals surface area contributed by atoms with Gasteiger partial charge in [-0.05, 0) is 58.0 Å². The summed E-state index contributed by atoms with van der Waals surface area (Å²) in [5.74, 6) is 1.23. The van der Waals surface area contributed by atoms with E-state index in [1.807, 2.05) is 25.1 Å². The molecular weight excluding hydrogens is 318 g/mol. The van der Waals surface area contributed by atoms with Crippen LogP contribution in [0.25, 0.3) is 11.3 Å². The fourth-order valence-electron chi connectivity index (χ4n) is 3.52. The SMILES string of the molecule is Cc1ccc2c(c1)-c1onc(C(=O)NCCCN3CCCC3)c1CO2. The topological polar surface area (TPSA) is 67.6 Å². The summed E-state index contributed by atoms with van der Waals surface area (Å²) >= 11 is 0. The number of rotatable bonds is 5. The minimum atomic E-state index is -0.189. The van der Waals surface area contributed by atoms with Crippen LogP contribution in [0.5, 0.6) is 5.75 Å². The average Bonchev–Trinajstić information content (AvgIpc) is 3.28. The molecule has 3 heterocycles. The van der Waals surface area contributed by atoms with E-state index in [2.05, 4.69) is 15.4 Å². The van der Waals surface area contributed by atoms with Gasteiger partial charge in [0.1, 0.15) is 12.4 Å². The second-order valence-corrected chi connectivity index (χ2v) is 6.79. The number of ether oxygens (including phenoxy) is 1. The minimum absolute atomic E-state index is 0.189. The molecule has 1 aromatic carbocycles. The van der Waals surface area contributed by atoms with Crippen molar-refractivity contribution in [1.29, 1.82) is 0 Å². The minimum Gasteiger partial charge on any atom is -0.488 e. The molecule has 4 rings (SSSR count). The number of benzene rings is 1. The van der Waals surface area contributed by atoms with Crippen molar-refractivity contribution in [2.45, 2.75) is 32.8 Å². The molecule has 2 aliphatic heterocycles. The number of hydrogen-bond donors (Lipinski definition) is 1. The number of carbonyl (C=O) groups is 1. The molecule has 1 N–H and O–H groups in total. The highest BCUT2D eigenvalue weighted by molar-refractivity contribution is 5.95. The predicted molar refractivity (Wildman–Crippen MR) is 93.6 cm³/mol. The first kappa shape index (κ1) is 16.1. The van der Waals surface area contributed by atoms with Gasteiger partial charge >= 0.3 is 0 Å². The molecule has 0 atom stereocenters. The highest BCUT2D eigenvalue weighted by Gasteiger charge is 2.28. The Morgan fingerprint density at radius 2 is 2.16 bits per heavy atom. The van der Waals surface area contributed by atoms with Gasteiger partial charge in [0.05, 0.1) is 11.1 Å². The van der Waals surface area contributed by atoms with Gasteiger partial charge in [-0.1, -0.05) is 16.8 Å². The first-order chi connectivity index (χ1) is 12.2. The van der Waals surface area contributed by atoms with Gasteiger partial charge in [0, 0.05) is 6.54 Å². The smallest absolute Gasteiger partial charge is 0.273 e. The second kappa shape index (κ2) is 6.88. The van der Waals surface area contributed by atoms with Crippen molar-refractivity contribution in [3.8, 4) is 17.1 Å². The number of carbonyl (C=O) groups excluding carboxylic acids is 1. The maximum Gasteiger partial charge on any atom is 0.273 e. The molecule has 1 aromatic heterocycles. The number of aryl methyl sites for hydroxylation is 1. The van der Waals surface area contributed by atoms with Crippen molar-refractivity contribution < 1.29 is 14.1 Å². The molecule has 0 radical (unpaired) electrons. The third kappa shape index (κ3) is 3.26. The van der Waals surface area contributed by atoms with Gasteiger partial charge in [-0.15, -0.1) is 0 Å². The van der Waals surface area contributed by atoms with Crippen LogP contribution < -0.4 is 10.1 Å². The number of amides is 1. The number of nitrogens with zero attached hydrogens (tertiary/aromatic N) is 2. The Labute approximate surface area is 147 Å². The van der Waals surface area contributed by atoms with Crippen molar-refractivity contribution in [3.05, 3.63) is 35.0 Å². The monoisotopic (exact) mass is 341 g/mol. The van der Waals surface area contributed by atoms with E-state index in [1.165, 1.54) is 25.9 Å². The number of aromatic nitrogens is 1. The molecular formula is C19H23N3O3. The Morgan fingerprint density at radius 3 is 3.00 bits per heavy atom. The van der Waals surface area contributed by atoms with Crippen LogP contribution in [0.1, 0.15) is 40.9 Å². The molecule has 0 bridgehead atoms. The number of nitrogens with one attached hydrogen (secondary N) is 1. The summed E-state index contributed by atoms with van der Waals surface area (Å²) in [6.07, 6.45) is 3.53. The summed E-state index contributed by atoms with van der Waals surface area (Å²) < 4.78 is 11.2. The van der Waals surface area contributed by atoms with Crippen LogP contribution in [-0.2, 0) is 6.61 Å². The van der Waals surface area contributed by atoms with Gasteiger partial charge < -0.3 is 19.5 Å². The Hall–Kier alpha value is -2.34. The Kier molecular flexibility index (Phi) is 4.44. The Morgan fingerprint density at radius 1 is 1.32 bits per heavy atom. The lowest BCUT2D eigenvalue weighted by Gasteiger charge is -2.17. The van der Waals surface area contributed by atoms with Crippen LogP contribution in [0.4, 0.5) is 0 Å². The van der Waals surface area contributed by atoms with Gasteiger partial charge in [-0.2, -0.15) is 0 Å². The van der Waals surface area contributed by atoms with E-state index in [-0.39, 0.29) is 5.91 Å². The number of likely N-dealkylation sites (tertiary alicyclic amines) is 1. The first-order valence-electron chi connectivity index (χ1n) is 8.95. The Bertz CT molecular complexity index is 778. The van der Waals surface area contributed by atoms with E-state index < -0.39 is 0 Å². The van der Waals surface area contributed by atoms with Crippen molar-refractivity contribution >= 4 is 5.91 Å². The quantitative estimate of drug-likeness (QED) is 0.847. The molecule has 0 spiro atoms. The largest absolute Gasteiger partial charge is 0.488 e. The maximum absolute atomic E-state index is 12.5. The molecule has 0 saturated carbocycles. The van der Waals surface area contributed by atoms with E-state index in [4.69, 9.17) is 9.26 Å². The van der Waals surface area contributed by atoms with E-state index in [0.29, 0.717) is 24.6 Å². The lowest BCUT2D eigenvalue weighted by Crippen LogP contribution is -2.29. The zero-order valence-electron chi connectivity index (χ0n) is 14.5. The van der Waals surface area contributed by atoms with Crippen LogP contribution in [0, 0.1) is 6.92 Å². The Balaban J connectivity index is 1.41. The van der Waals surface area contributed by atoms with Gasteiger partial charge in [0.25, 0.3) is 5.91 Å². The normalized spacial score (nSPS) is 16.2. The molecule has 0 aliphatic carbocycles. The third-order valence-electron chi connectivity index (χ3n) is 4.89. The summed E-state index contributed by atoms with van der Waals surface area (Å²) in [6, 6.07) is 5.92. The molecule has 25 heavy (non-hydrogen) atoms. The fourth-order valence-corrected chi connectivity index (χ4v) is 3.52. The molecule has 6 nitrogen and oxygen atoms in total. The van der Waals surface area contributed by atoms with E-state index in [9.17, 15) is 4.79 Å². The van der Waals surface area contributed by atoms with E-state index >= 15 is 0 Å². The standard InChI is InChI=1S/C19H23N3O3/c1-13-5-6-16-14(11-13)18-15(12-24-16)17(21-25-18)19(23)20-7-4-10-22-8-2-3-9-22/h5-6,11H,2-4,7-10,12H2,1H3,(H,20,23). The van der Waals surface area contributed by atoms with Crippen molar-refractivity contribution in [2.24, 2.45) is 0 Å². The van der Waals surface area contributed by atoms with Crippen LogP contribution in [0.15, 0.2) is 22.7 Å². The fraction of sp³-hybridized carbons (Fsp3) is 0.474. The van der Waals surface area contributed by atoms with Gasteiger partial charge in [-0.3, -0.25) is 4.79 Å². The zero-order chi connectivity index (χ0) is 17.2. The summed E-state index contributed by atoms with van der Waals surface area (Å²) in [5, 5.41) is 6.96. The molecule has 1 fully saturated rings. The van der Waals surface area contributed by atoms with Crippen LogP contribution in [0.2, 0.25) is 0 Å². The van der Waals surface area contributed by atoms with Crippen molar-refractivity contribution in [1.82, 2.24) is 15.4 Å². The molecule has 2 aliphatic rings. The van der Waals surface area contributed by atoms with Crippen LogP contribution >= 0.6 is 0 Å². The summed E-state index contributed by atoms with van der Waals surface area (Å²) in [6.45, 7) is 6.37. The third-order valence-corrected chi connectivity index (χ3v) is 4.89. The maximum atomic E-state index is 12.5. The molecule has 1 saturated heterocycles. The predicted octanol–water partition coefficient (Wildman–Crippen LogP) is 2.76. The van der Waals surface area contributed by atoms with Crippen molar-refractivity contribution in [3.63, 3.8) is 0 Å². The highest BCUT2D eigenvalue weighted by atomic mass is 16.5. The van der Waals surface area contributed by atoms with Gasteiger partial charge in [0.2, 0.25) is 0 Å². The first-order valence-corrected chi connectivity index (χ1v) is 8.95. The van der Waals surface area contributed by atoms with Crippen LogP contribution in [-0.4, -0.2) is 42.1 Å². The molecule has 2 aromatic rings. The van der Waals surface area contributed by atoms with Gasteiger partial charge in [-0.25, -0.2) is 0 Å². The lowest BCUT2D eigenvalue weighted by molar-refractivity contribution is 0.0941. The highest BCUT2D eigenvalue weighted by Crippen LogP contribution is 2.39. The van der Waals surface area contributed by atoms with E-state index in [1.54, 1.807) is 0 Å². The summed E-state index contributed by atoms with van der Waals surface area (Å²) in [4.78, 5) is 14.9. The molecule has 132 valence electrons. The zero-order valence-corrected chi connectivity index (χ0v) is 14.5. The number of hydrogen-bond acceptors (Lipinski definition) is 5. The second-order valence-electron chi connectivity index (χ2n) is 6.79. The molecule has 6 heteroatoms. The lowest BCUT2D eigenvalue weighted by atomic mass is 10.0. The summed E-state index contributed by atoms with van der Waals surface area (Å²) in [7, 11) is 0. The average molecular weight is 341 g/mol. The summed E-state index contributed by atoms with van der Waals surface area (Å²) in [5.41, 5.74) is 3.04.